The molecule has 1 aromatic rings. The summed E-state index contributed by atoms with van der Waals surface area (Å²) < 4.78 is 19.3. The summed E-state index contributed by atoms with van der Waals surface area (Å²) in [5.74, 6) is -0.449. The van der Waals surface area contributed by atoms with E-state index >= 15 is 0 Å². The number of likely N-dealkylation sites (tertiary alicyclic amines) is 1. The number of hydrogen-bond donors (Lipinski definition) is 3. The van der Waals surface area contributed by atoms with Crippen LogP contribution in [0, 0.1) is 0 Å². The molecule has 2 amide bonds. The average Bonchev–Trinajstić information content (AvgIpc) is 2.58. The Bertz CT molecular complexity index is 662. The second-order valence-corrected chi connectivity index (χ2v) is 5.57. The van der Waals surface area contributed by atoms with Crippen molar-refractivity contribution < 1.29 is 33.7 Å². The second-order valence-electron chi connectivity index (χ2n) is 5.57. The predicted octanol–water partition coefficient (Wildman–Crippen LogP) is 1.87. The maximum atomic E-state index is 14.0. The third-order valence-corrected chi connectivity index (χ3v) is 3.62. The van der Waals surface area contributed by atoms with Crippen LogP contribution in [0.1, 0.15) is 13.8 Å². The maximum absolute atomic E-state index is 14.0. The Labute approximate surface area is 149 Å². The van der Waals surface area contributed by atoms with E-state index in [1.807, 2.05) is 6.07 Å². The standard InChI is InChI=1S/C16H19FN2O3.CH2O3/c1-10(2)11(3)19-15(17)14(16(19)21)18-13(20)9-22-12-7-5-4-6-8-12;2-1(3)4/h4-8,11,14-15H,1,9H2,2-3H3,(H,18,20);(H2,2,3,4). The Morgan fingerprint density at radius 1 is 1.35 bits per heavy atom. The lowest BCUT2D eigenvalue weighted by Gasteiger charge is -2.45. The lowest BCUT2D eigenvalue weighted by Crippen LogP contribution is -2.71. The fourth-order valence-corrected chi connectivity index (χ4v) is 2.13. The van der Waals surface area contributed by atoms with Crippen LogP contribution in [-0.2, 0) is 9.59 Å². The zero-order chi connectivity index (χ0) is 19.9. The number of carbonyl (C=O) groups is 3. The molecule has 1 fully saturated rings. The van der Waals surface area contributed by atoms with Crippen molar-refractivity contribution in [1.29, 1.82) is 0 Å². The minimum absolute atomic E-state index is 0.267. The van der Waals surface area contributed by atoms with Crippen LogP contribution in [0.4, 0.5) is 9.18 Å². The number of carbonyl (C=O) groups excluding carboxylic acids is 2. The van der Waals surface area contributed by atoms with E-state index in [1.165, 1.54) is 0 Å². The van der Waals surface area contributed by atoms with E-state index < -0.39 is 36.3 Å². The molecule has 1 heterocycles. The molecule has 2 rings (SSSR count). The van der Waals surface area contributed by atoms with Gasteiger partial charge in [-0.25, -0.2) is 9.18 Å². The van der Waals surface area contributed by atoms with Crippen LogP contribution >= 0.6 is 0 Å². The van der Waals surface area contributed by atoms with Gasteiger partial charge in [0.2, 0.25) is 6.30 Å². The summed E-state index contributed by atoms with van der Waals surface area (Å²) >= 11 is 0. The van der Waals surface area contributed by atoms with Gasteiger partial charge in [0.15, 0.2) is 12.6 Å². The highest BCUT2D eigenvalue weighted by atomic mass is 19.1. The van der Waals surface area contributed by atoms with Crippen molar-refractivity contribution >= 4 is 18.0 Å². The molecular formula is C17H21FN2O6. The fourth-order valence-electron chi connectivity index (χ4n) is 2.13. The van der Waals surface area contributed by atoms with E-state index in [9.17, 15) is 14.0 Å². The minimum Gasteiger partial charge on any atom is -0.484 e. The highest BCUT2D eigenvalue weighted by Crippen LogP contribution is 2.26. The largest absolute Gasteiger partial charge is 0.503 e. The third-order valence-electron chi connectivity index (χ3n) is 3.62. The Hall–Kier alpha value is -3.10. The molecule has 0 bridgehead atoms. The zero-order valence-electron chi connectivity index (χ0n) is 14.4. The molecule has 3 N–H and O–H groups in total. The minimum atomic E-state index is -1.83. The van der Waals surface area contributed by atoms with Crippen LogP contribution < -0.4 is 10.1 Å². The van der Waals surface area contributed by atoms with E-state index in [-0.39, 0.29) is 6.61 Å². The van der Waals surface area contributed by atoms with Crippen molar-refractivity contribution in [3.63, 3.8) is 0 Å². The molecule has 142 valence electrons. The molecule has 1 aliphatic rings. The second kappa shape index (κ2) is 9.40. The summed E-state index contributed by atoms with van der Waals surface area (Å²) in [5, 5.41) is 16.3. The lowest BCUT2D eigenvalue weighted by molar-refractivity contribution is -0.167. The van der Waals surface area contributed by atoms with Crippen LogP contribution in [-0.4, -0.2) is 58.1 Å². The van der Waals surface area contributed by atoms with Gasteiger partial charge in [-0.1, -0.05) is 30.4 Å². The molecule has 1 saturated heterocycles. The van der Waals surface area contributed by atoms with Crippen molar-refractivity contribution in [3.05, 3.63) is 42.5 Å². The van der Waals surface area contributed by atoms with Gasteiger partial charge in [-0.15, -0.1) is 0 Å². The first-order valence-electron chi connectivity index (χ1n) is 7.66. The highest BCUT2D eigenvalue weighted by Gasteiger charge is 2.50. The summed E-state index contributed by atoms with van der Waals surface area (Å²) in [6.07, 6.45) is -3.38. The Balaban J connectivity index is 0.000000765. The van der Waals surface area contributed by atoms with E-state index in [4.69, 9.17) is 19.7 Å². The first-order chi connectivity index (χ1) is 12.1. The number of alkyl halides is 1. The molecule has 1 aromatic carbocycles. The first-order valence-corrected chi connectivity index (χ1v) is 7.66. The van der Waals surface area contributed by atoms with Crippen molar-refractivity contribution in [2.75, 3.05) is 6.61 Å². The van der Waals surface area contributed by atoms with Crippen LogP contribution in [0.2, 0.25) is 0 Å². The number of β-lactam (4-membered cyclic amide) rings is 1. The van der Waals surface area contributed by atoms with Gasteiger partial charge >= 0.3 is 6.16 Å². The van der Waals surface area contributed by atoms with E-state index in [0.29, 0.717) is 11.3 Å². The van der Waals surface area contributed by atoms with Gasteiger partial charge in [-0.2, -0.15) is 0 Å². The lowest BCUT2D eigenvalue weighted by atomic mass is 9.99. The first kappa shape index (κ1) is 20.9. The van der Waals surface area contributed by atoms with Crippen molar-refractivity contribution in [2.24, 2.45) is 0 Å². The number of hydrogen-bond acceptors (Lipinski definition) is 4. The summed E-state index contributed by atoms with van der Waals surface area (Å²) in [6.45, 7) is 6.86. The number of halogens is 1. The molecule has 0 radical (unpaired) electrons. The van der Waals surface area contributed by atoms with Gasteiger partial charge in [0, 0.05) is 0 Å². The quantitative estimate of drug-likeness (QED) is 0.401. The number of carboxylic acid groups (broad SMARTS) is 2. The van der Waals surface area contributed by atoms with Gasteiger partial charge in [0.1, 0.15) is 5.75 Å². The molecule has 3 unspecified atom stereocenters. The SMILES string of the molecule is C=C(C)C(C)N1C(=O)C(NC(=O)COc2ccccc2)C1F.O=C(O)O. The van der Waals surface area contributed by atoms with Crippen LogP contribution in [0.3, 0.4) is 0 Å². The van der Waals surface area contributed by atoms with E-state index in [0.717, 1.165) is 4.90 Å². The summed E-state index contributed by atoms with van der Waals surface area (Å²) in [5.41, 5.74) is 0.688. The molecule has 8 nitrogen and oxygen atoms in total. The number of benzene rings is 1. The molecule has 0 aromatic heterocycles. The number of nitrogens with one attached hydrogen (secondary N) is 1. The molecule has 0 aliphatic carbocycles. The molecule has 0 spiro atoms. The van der Waals surface area contributed by atoms with Gasteiger partial charge in [0.05, 0.1) is 6.04 Å². The summed E-state index contributed by atoms with van der Waals surface area (Å²) in [6, 6.07) is 7.25. The number of amides is 2. The molecular weight excluding hydrogens is 347 g/mol. The van der Waals surface area contributed by atoms with Crippen molar-refractivity contribution in [3.8, 4) is 5.75 Å². The van der Waals surface area contributed by atoms with Crippen LogP contribution in [0.5, 0.6) is 5.75 Å². The Morgan fingerprint density at radius 3 is 2.35 bits per heavy atom. The molecule has 9 heteroatoms. The van der Waals surface area contributed by atoms with E-state index in [1.54, 1.807) is 38.1 Å². The maximum Gasteiger partial charge on any atom is 0.503 e. The van der Waals surface area contributed by atoms with E-state index in [2.05, 4.69) is 11.9 Å². The van der Waals surface area contributed by atoms with Gasteiger partial charge in [-0.3, -0.25) is 9.59 Å². The average molecular weight is 368 g/mol. The normalized spacial score (nSPS) is 19.3. The van der Waals surface area contributed by atoms with Crippen LogP contribution in [0.25, 0.3) is 0 Å². The Kier molecular flexibility index (Phi) is 7.57. The van der Waals surface area contributed by atoms with Crippen LogP contribution in [0.15, 0.2) is 42.5 Å². The fraction of sp³-hybridized carbons (Fsp3) is 0.353. The number of nitrogens with zero attached hydrogens (tertiary/aromatic N) is 1. The van der Waals surface area contributed by atoms with Gasteiger partial charge < -0.3 is 25.2 Å². The molecule has 1 aliphatic heterocycles. The van der Waals surface area contributed by atoms with Gasteiger partial charge in [0.25, 0.3) is 11.8 Å². The molecule has 26 heavy (non-hydrogen) atoms. The Morgan fingerprint density at radius 2 is 1.88 bits per heavy atom. The smallest absolute Gasteiger partial charge is 0.484 e. The summed E-state index contributed by atoms with van der Waals surface area (Å²) in [4.78, 5) is 33.3. The zero-order valence-corrected chi connectivity index (χ0v) is 14.4. The topological polar surface area (TPSA) is 116 Å². The third kappa shape index (κ3) is 5.76. The predicted molar refractivity (Wildman–Crippen MR) is 90.5 cm³/mol. The van der Waals surface area contributed by atoms with Gasteiger partial charge in [-0.05, 0) is 26.0 Å². The number of para-hydroxylation sites is 1. The highest BCUT2D eigenvalue weighted by molar-refractivity contribution is 5.93. The molecule has 0 saturated carbocycles. The monoisotopic (exact) mass is 368 g/mol. The van der Waals surface area contributed by atoms with Crippen molar-refractivity contribution in [1.82, 2.24) is 10.2 Å². The number of ether oxygens (including phenoxy) is 1. The number of rotatable bonds is 6. The molecule has 3 atom stereocenters. The van der Waals surface area contributed by atoms with Crippen molar-refractivity contribution in [2.45, 2.75) is 32.2 Å². The summed E-state index contributed by atoms with van der Waals surface area (Å²) in [7, 11) is 0.